The lowest BCUT2D eigenvalue weighted by Gasteiger charge is -2.15. The molecule has 1 aliphatic rings. The molecular weight excluding hydrogens is 469 g/mol. The number of aromatic carboxylic acids is 1. The quantitative estimate of drug-likeness (QED) is 0.295. The van der Waals surface area contributed by atoms with Gasteiger partial charge in [-0.1, -0.05) is 31.2 Å². The van der Waals surface area contributed by atoms with Crippen molar-refractivity contribution in [2.45, 2.75) is 38.3 Å². The van der Waals surface area contributed by atoms with Crippen molar-refractivity contribution >= 4 is 17.5 Å². The average molecular weight is 493 g/mol. The summed E-state index contributed by atoms with van der Waals surface area (Å²) in [5, 5.41) is 17.3. The van der Waals surface area contributed by atoms with Gasteiger partial charge in [-0.05, 0) is 66.6 Å². The van der Waals surface area contributed by atoms with Crippen molar-refractivity contribution in [3.05, 3.63) is 89.1 Å². The van der Waals surface area contributed by atoms with Crippen LogP contribution in [0.1, 0.15) is 52.7 Å². The highest BCUT2D eigenvalue weighted by molar-refractivity contribution is 5.95. The molecule has 0 amide bonds. The maximum absolute atomic E-state index is 13.8. The number of benzene rings is 2. The molecule has 1 fully saturated rings. The summed E-state index contributed by atoms with van der Waals surface area (Å²) in [6.07, 6.45) is -0.585. The number of alkyl halides is 3. The molecule has 0 aliphatic heterocycles. The van der Waals surface area contributed by atoms with Crippen LogP contribution in [0.15, 0.2) is 66.9 Å². The summed E-state index contributed by atoms with van der Waals surface area (Å²) in [6, 6.07) is 16.4. The van der Waals surface area contributed by atoms with Gasteiger partial charge in [0.1, 0.15) is 11.4 Å². The highest BCUT2D eigenvalue weighted by Crippen LogP contribution is 2.41. The number of nitrogens with one attached hydrogen (secondary N) is 1. The smallest absolute Gasteiger partial charge is 0.420 e. The van der Waals surface area contributed by atoms with E-state index in [4.69, 9.17) is 0 Å². The van der Waals surface area contributed by atoms with Gasteiger partial charge >= 0.3 is 12.1 Å². The molecule has 0 unspecified atom stereocenters. The van der Waals surface area contributed by atoms with Gasteiger partial charge in [0.2, 0.25) is 0 Å². The van der Waals surface area contributed by atoms with Crippen molar-refractivity contribution in [1.29, 1.82) is 0 Å². The number of carbonyl (C=O) groups is 1. The third-order valence-corrected chi connectivity index (χ3v) is 6.22. The number of carboxylic acids is 1. The van der Waals surface area contributed by atoms with Gasteiger partial charge in [-0.15, -0.1) is 0 Å². The number of aromatic nitrogens is 3. The predicted molar refractivity (Wildman–Crippen MR) is 130 cm³/mol. The van der Waals surface area contributed by atoms with E-state index in [1.165, 1.54) is 12.3 Å². The molecule has 5 rings (SSSR count). The number of halogens is 3. The Labute approximate surface area is 205 Å². The molecule has 36 heavy (non-hydrogen) atoms. The van der Waals surface area contributed by atoms with E-state index in [9.17, 15) is 23.1 Å². The standard InChI is InChI=1S/C27H23F3N4O2/c1-2-16-5-3-6-19(13-16)23-15-24(34(33-23)25-21(27(28,29)30)7-4-12-31-25)32-22-11-10-18(17-8-9-17)14-20(22)26(35)36/h3-7,10-15,17,32H,2,8-9H2,1H3,(H,35,36). The number of pyridine rings is 1. The van der Waals surface area contributed by atoms with E-state index in [1.807, 2.05) is 37.3 Å². The Morgan fingerprint density at radius 1 is 1.11 bits per heavy atom. The fourth-order valence-corrected chi connectivity index (χ4v) is 4.17. The fourth-order valence-electron chi connectivity index (χ4n) is 4.17. The van der Waals surface area contributed by atoms with Crippen molar-refractivity contribution in [3.8, 4) is 17.1 Å². The minimum Gasteiger partial charge on any atom is -0.478 e. The summed E-state index contributed by atoms with van der Waals surface area (Å²) < 4.78 is 42.6. The number of rotatable bonds is 7. The maximum atomic E-state index is 13.8. The van der Waals surface area contributed by atoms with Crippen LogP contribution in [0.3, 0.4) is 0 Å². The first-order valence-electron chi connectivity index (χ1n) is 11.6. The number of aryl methyl sites for hydroxylation is 1. The van der Waals surface area contributed by atoms with Gasteiger partial charge in [0.05, 0.1) is 16.9 Å². The van der Waals surface area contributed by atoms with Crippen LogP contribution in [0.4, 0.5) is 24.7 Å². The molecule has 1 saturated carbocycles. The minimum atomic E-state index is -4.66. The Balaban J connectivity index is 1.65. The van der Waals surface area contributed by atoms with Crippen molar-refractivity contribution in [1.82, 2.24) is 14.8 Å². The molecule has 0 radical (unpaired) electrons. The molecule has 2 heterocycles. The molecule has 4 aromatic rings. The second-order valence-corrected chi connectivity index (χ2v) is 8.76. The van der Waals surface area contributed by atoms with E-state index in [2.05, 4.69) is 15.4 Å². The first kappa shape index (κ1) is 23.6. The highest BCUT2D eigenvalue weighted by Gasteiger charge is 2.35. The lowest BCUT2D eigenvalue weighted by molar-refractivity contribution is -0.137. The molecule has 1 aliphatic carbocycles. The Kier molecular flexibility index (Phi) is 5.99. The summed E-state index contributed by atoms with van der Waals surface area (Å²) in [4.78, 5) is 16.0. The van der Waals surface area contributed by atoms with E-state index >= 15 is 0 Å². The number of carboxylic acid groups (broad SMARTS) is 1. The Morgan fingerprint density at radius 3 is 2.61 bits per heavy atom. The van der Waals surface area contributed by atoms with Crippen molar-refractivity contribution < 1.29 is 23.1 Å². The van der Waals surface area contributed by atoms with Gasteiger partial charge in [0.15, 0.2) is 5.82 Å². The zero-order valence-electron chi connectivity index (χ0n) is 19.4. The normalized spacial score (nSPS) is 13.6. The first-order chi connectivity index (χ1) is 17.2. The van der Waals surface area contributed by atoms with Crippen LogP contribution < -0.4 is 5.32 Å². The number of nitrogens with zero attached hydrogens (tertiary/aromatic N) is 3. The van der Waals surface area contributed by atoms with Gasteiger partial charge in [-0.2, -0.15) is 23.0 Å². The van der Waals surface area contributed by atoms with E-state index in [0.717, 1.165) is 46.7 Å². The Hall–Kier alpha value is -4.14. The molecule has 0 saturated heterocycles. The first-order valence-corrected chi connectivity index (χ1v) is 11.6. The van der Waals surface area contributed by atoms with Crippen LogP contribution in [0, 0.1) is 0 Å². The van der Waals surface area contributed by atoms with Crippen LogP contribution in [-0.4, -0.2) is 25.8 Å². The molecule has 2 aromatic carbocycles. The largest absolute Gasteiger partial charge is 0.478 e. The summed E-state index contributed by atoms with van der Waals surface area (Å²) in [5.74, 6) is -1.02. The van der Waals surface area contributed by atoms with Gasteiger partial charge in [0.25, 0.3) is 0 Å². The third kappa shape index (κ3) is 4.68. The molecule has 9 heteroatoms. The monoisotopic (exact) mass is 492 g/mol. The minimum absolute atomic E-state index is 0.0405. The topological polar surface area (TPSA) is 80.0 Å². The van der Waals surface area contributed by atoms with E-state index in [1.54, 1.807) is 18.2 Å². The fraction of sp³-hybridized carbons (Fsp3) is 0.222. The zero-order valence-corrected chi connectivity index (χ0v) is 19.4. The molecule has 0 spiro atoms. The van der Waals surface area contributed by atoms with Crippen molar-refractivity contribution in [3.63, 3.8) is 0 Å². The van der Waals surface area contributed by atoms with E-state index < -0.39 is 23.5 Å². The lowest BCUT2D eigenvalue weighted by Crippen LogP contribution is -2.15. The summed E-state index contributed by atoms with van der Waals surface area (Å²) in [7, 11) is 0. The second-order valence-electron chi connectivity index (χ2n) is 8.76. The average Bonchev–Trinajstić information content (AvgIpc) is 3.63. The van der Waals surface area contributed by atoms with Crippen LogP contribution in [-0.2, 0) is 12.6 Å². The van der Waals surface area contributed by atoms with Crippen LogP contribution in [0.2, 0.25) is 0 Å². The molecule has 0 atom stereocenters. The molecule has 6 nitrogen and oxygen atoms in total. The molecule has 0 bridgehead atoms. The van der Waals surface area contributed by atoms with Crippen LogP contribution >= 0.6 is 0 Å². The highest BCUT2D eigenvalue weighted by atomic mass is 19.4. The van der Waals surface area contributed by atoms with Gasteiger partial charge in [-0.25, -0.2) is 9.78 Å². The number of hydrogen-bond donors (Lipinski definition) is 2. The van der Waals surface area contributed by atoms with Crippen molar-refractivity contribution in [2.75, 3.05) is 5.32 Å². The molecular formula is C27H23F3N4O2. The SMILES string of the molecule is CCc1cccc(-c2cc(Nc3ccc(C4CC4)cc3C(=O)O)n(-c3ncccc3C(F)(F)F)n2)c1. The van der Waals surface area contributed by atoms with Crippen LogP contribution in [0.5, 0.6) is 0 Å². The molecule has 2 aromatic heterocycles. The molecule has 184 valence electrons. The van der Waals surface area contributed by atoms with E-state index in [-0.39, 0.29) is 17.1 Å². The van der Waals surface area contributed by atoms with Crippen LogP contribution in [0.25, 0.3) is 17.1 Å². The van der Waals surface area contributed by atoms with Gasteiger partial charge < -0.3 is 10.4 Å². The van der Waals surface area contributed by atoms with Gasteiger partial charge in [-0.3, -0.25) is 0 Å². The predicted octanol–water partition coefficient (Wildman–Crippen LogP) is 6.83. The second kappa shape index (κ2) is 9.14. The van der Waals surface area contributed by atoms with Crippen molar-refractivity contribution in [2.24, 2.45) is 0 Å². The summed E-state index contributed by atoms with van der Waals surface area (Å²) in [6.45, 7) is 2.01. The lowest BCUT2D eigenvalue weighted by atomic mass is 10.0. The Morgan fingerprint density at radius 2 is 1.92 bits per heavy atom. The summed E-state index contributed by atoms with van der Waals surface area (Å²) >= 11 is 0. The Bertz CT molecular complexity index is 1440. The third-order valence-electron chi connectivity index (χ3n) is 6.22. The molecule has 2 N–H and O–H groups in total. The van der Waals surface area contributed by atoms with Gasteiger partial charge in [0, 0.05) is 17.8 Å². The zero-order chi connectivity index (χ0) is 25.4. The summed E-state index contributed by atoms with van der Waals surface area (Å²) in [5.41, 5.74) is 2.49. The maximum Gasteiger partial charge on any atom is 0.420 e. The number of anilines is 2. The van der Waals surface area contributed by atoms with E-state index in [0.29, 0.717) is 11.6 Å². The number of hydrogen-bond acceptors (Lipinski definition) is 4.